The zero-order valence-corrected chi connectivity index (χ0v) is 18.4. The molecule has 2 amide bonds. The van der Waals surface area contributed by atoms with Crippen LogP contribution in [0.1, 0.15) is 38.1 Å². The highest BCUT2D eigenvalue weighted by Crippen LogP contribution is 2.29. The maximum absolute atomic E-state index is 12.4. The number of nitrogens with one attached hydrogen (secondary N) is 2. The lowest BCUT2D eigenvalue weighted by atomic mass is 10.2. The van der Waals surface area contributed by atoms with Crippen molar-refractivity contribution < 1.29 is 28.5 Å². The van der Waals surface area contributed by atoms with Gasteiger partial charge in [0, 0.05) is 5.56 Å². The van der Waals surface area contributed by atoms with Crippen molar-refractivity contribution >= 4 is 11.8 Å². The molecule has 2 rings (SSSR count). The maximum atomic E-state index is 12.4. The Hall–Kier alpha value is -3.42. The van der Waals surface area contributed by atoms with Gasteiger partial charge in [-0.1, -0.05) is 26.0 Å². The first-order valence-electron chi connectivity index (χ1n) is 10.3. The Balaban J connectivity index is 1.91. The molecule has 0 unspecified atom stereocenters. The SMILES string of the molecule is CCOc1ccccc1OCC(=O)NNC(=O)c1ccc(OCC(C)C)c(OCC)c1. The fraction of sp³-hybridized carbons (Fsp3) is 0.391. The molecular formula is C23H30N2O6. The molecule has 0 fully saturated rings. The second-order valence-electron chi connectivity index (χ2n) is 6.97. The molecule has 2 N–H and O–H groups in total. The van der Waals surface area contributed by atoms with Gasteiger partial charge >= 0.3 is 0 Å². The third kappa shape index (κ3) is 7.73. The van der Waals surface area contributed by atoms with Crippen LogP contribution in [0.5, 0.6) is 23.0 Å². The molecule has 8 nitrogen and oxygen atoms in total. The van der Waals surface area contributed by atoms with Gasteiger partial charge in [-0.05, 0) is 50.1 Å². The standard InChI is InChI=1S/C23H30N2O6/c1-5-28-18-9-7-8-10-19(18)31-15-22(26)24-25-23(27)17-11-12-20(30-14-16(3)4)21(13-17)29-6-2/h7-13,16H,5-6,14-15H2,1-4H3,(H,24,26)(H,25,27). The lowest BCUT2D eigenvalue weighted by molar-refractivity contribution is -0.123. The molecular weight excluding hydrogens is 400 g/mol. The van der Waals surface area contributed by atoms with Crippen LogP contribution >= 0.6 is 0 Å². The number of rotatable bonds is 11. The Kier molecular flexibility index (Phi) is 9.48. The highest BCUT2D eigenvalue weighted by Gasteiger charge is 2.14. The third-order valence-electron chi connectivity index (χ3n) is 3.90. The summed E-state index contributed by atoms with van der Waals surface area (Å²) in [6, 6.07) is 11.9. The van der Waals surface area contributed by atoms with Crippen molar-refractivity contribution in [3.8, 4) is 23.0 Å². The number of hydrazine groups is 1. The van der Waals surface area contributed by atoms with Crippen molar-refractivity contribution in [1.82, 2.24) is 10.9 Å². The Bertz CT molecular complexity index is 869. The number of hydrogen-bond donors (Lipinski definition) is 2. The molecule has 8 heteroatoms. The van der Waals surface area contributed by atoms with Gasteiger partial charge in [0.1, 0.15) is 0 Å². The van der Waals surface area contributed by atoms with Crippen molar-refractivity contribution in [2.45, 2.75) is 27.7 Å². The number of ether oxygens (including phenoxy) is 4. The number of carbonyl (C=O) groups excluding carboxylic acids is 2. The lowest BCUT2D eigenvalue weighted by Gasteiger charge is -2.15. The van der Waals surface area contributed by atoms with E-state index >= 15 is 0 Å². The molecule has 0 aliphatic rings. The summed E-state index contributed by atoms with van der Waals surface area (Å²) >= 11 is 0. The summed E-state index contributed by atoms with van der Waals surface area (Å²) in [7, 11) is 0. The molecule has 0 aliphatic carbocycles. The predicted octanol–water partition coefficient (Wildman–Crippen LogP) is 3.36. The normalized spacial score (nSPS) is 10.4. The van der Waals surface area contributed by atoms with Crippen molar-refractivity contribution in [3.05, 3.63) is 48.0 Å². The summed E-state index contributed by atoms with van der Waals surface area (Å²) in [6.45, 7) is 8.97. The Labute approximate surface area is 182 Å². The number of para-hydroxylation sites is 2. The minimum Gasteiger partial charge on any atom is -0.490 e. The first-order valence-corrected chi connectivity index (χ1v) is 10.3. The molecule has 0 bridgehead atoms. The van der Waals surface area contributed by atoms with Gasteiger partial charge in [0.15, 0.2) is 29.6 Å². The van der Waals surface area contributed by atoms with Gasteiger partial charge in [-0.15, -0.1) is 0 Å². The van der Waals surface area contributed by atoms with E-state index in [-0.39, 0.29) is 6.61 Å². The van der Waals surface area contributed by atoms with Gasteiger partial charge in [0.2, 0.25) is 0 Å². The topological polar surface area (TPSA) is 95.1 Å². The molecule has 0 aromatic heterocycles. The Morgan fingerprint density at radius 2 is 1.42 bits per heavy atom. The van der Waals surface area contributed by atoms with E-state index in [9.17, 15) is 9.59 Å². The zero-order valence-electron chi connectivity index (χ0n) is 18.4. The van der Waals surface area contributed by atoms with Crippen LogP contribution in [-0.4, -0.2) is 38.2 Å². The fourth-order valence-corrected chi connectivity index (χ4v) is 2.52. The lowest BCUT2D eigenvalue weighted by Crippen LogP contribution is -2.43. The molecule has 0 saturated heterocycles. The number of hydrogen-bond acceptors (Lipinski definition) is 6. The average Bonchev–Trinajstić information content (AvgIpc) is 2.76. The van der Waals surface area contributed by atoms with E-state index in [0.29, 0.717) is 54.3 Å². The van der Waals surface area contributed by atoms with E-state index in [1.165, 1.54) is 0 Å². The summed E-state index contributed by atoms with van der Waals surface area (Å²) in [5.74, 6) is 1.39. The second kappa shape index (κ2) is 12.3. The maximum Gasteiger partial charge on any atom is 0.276 e. The van der Waals surface area contributed by atoms with Crippen molar-refractivity contribution in [3.63, 3.8) is 0 Å². The molecule has 0 saturated carbocycles. The number of amides is 2. The van der Waals surface area contributed by atoms with E-state index in [0.717, 1.165) is 0 Å². The predicted molar refractivity (Wildman–Crippen MR) is 117 cm³/mol. The van der Waals surface area contributed by atoms with Gasteiger partial charge in [0.25, 0.3) is 11.8 Å². The molecule has 31 heavy (non-hydrogen) atoms. The smallest absolute Gasteiger partial charge is 0.276 e. The van der Waals surface area contributed by atoms with Crippen LogP contribution in [-0.2, 0) is 4.79 Å². The first kappa shape index (κ1) is 23.9. The van der Waals surface area contributed by atoms with E-state index < -0.39 is 11.8 Å². The molecule has 2 aromatic rings. The molecule has 0 radical (unpaired) electrons. The van der Waals surface area contributed by atoms with Gasteiger partial charge in [-0.3, -0.25) is 20.4 Å². The van der Waals surface area contributed by atoms with Crippen molar-refractivity contribution in [2.24, 2.45) is 5.92 Å². The highest BCUT2D eigenvalue weighted by atomic mass is 16.5. The van der Waals surface area contributed by atoms with Gasteiger partial charge < -0.3 is 18.9 Å². The van der Waals surface area contributed by atoms with E-state index in [4.69, 9.17) is 18.9 Å². The Morgan fingerprint density at radius 1 is 0.806 bits per heavy atom. The minimum absolute atomic E-state index is 0.281. The number of benzene rings is 2. The van der Waals surface area contributed by atoms with Crippen LogP contribution in [0.2, 0.25) is 0 Å². The third-order valence-corrected chi connectivity index (χ3v) is 3.90. The molecule has 0 heterocycles. The summed E-state index contributed by atoms with van der Waals surface area (Å²) in [4.78, 5) is 24.5. The van der Waals surface area contributed by atoms with Gasteiger partial charge in [0.05, 0.1) is 19.8 Å². The van der Waals surface area contributed by atoms with Crippen molar-refractivity contribution in [1.29, 1.82) is 0 Å². The van der Waals surface area contributed by atoms with Gasteiger partial charge in [-0.25, -0.2) is 0 Å². The summed E-state index contributed by atoms with van der Waals surface area (Å²) in [5.41, 5.74) is 5.02. The fourth-order valence-electron chi connectivity index (χ4n) is 2.52. The summed E-state index contributed by atoms with van der Waals surface area (Å²) in [6.07, 6.45) is 0. The number of carbonyl (C=O) groups is 2. The van der Waals surface area contributed by atoms with Crippen LogP contribution in [0.15, 0.2) is 42.5 Å². The van der Waals surface area contributed by atoms with Crippen LogP contribution in [0.4, 0.5) is 0 Å². The summed E-state index contributed by atoms with van der Waals surface area (Å²) in [5, 5.41) is 0. The van der Waals surface area contributed by atoms with E-state index in [1.54, 1.807) is 36.4 Å². The van der Waals surface area contributed by atoms with E-state index in [1.807, 2.05) is 33.8 Å². The van der Waals surface area contributed by atoms with Crippen LogP contribution < -0.4 is 29.8 Å². The van der Waals surface area contributed by atoms with E-state index in [2.05, 4.69) is 10.9 Å². The molecule has 0 spiro atoms. The second-order valence-corrected chi connectivity index (χ2v) is 6.97. The quantitative estimate of drug-likeness (QED) is 0.531. The average molecular weight is 431 g/mol. The first-order chi connectivity index (χ1) is 14.9. The minimum atomic E-state index is -0.512. The largest absolute Gasteiger partial charge is 0.490 e. The Morgan fingerprint density at radius 3 is 2.06 bits per heavy atom. The molecule has 0 aliphatic heterocycles. The van der Waals surface area contributed by atoms with Crippen LogP contribution in [0.25, 0.3) is 0 Å². The van der Waals surface area contributed by atoms with Crippen LogP contribution in [0.3, 0.4) is 0 Å². The molecule has 2 aromatic carbocycles. The molecule has 168 valence electrons. The van der Waals surface area contributed by atoms with Crippen molar-refractivity contribution in [2.75, 3.05) is 26.4 Å². The van der Waals surface area contributed by atoms with Gasteiger partial charge in [-0.2, -0.15) is 0 Å². The summed E-state index contributed by atoms with van der Waals surface area (Å²) < 4.78 is 22.2. The highest BCUT2D eigenvalue weighted by molar-refractivity contribution is 5.96. The molecule has 0 atom stereocenters. The van der Waals surface area contributed by atoms with Crippen LogP contribution in [0, 0.1) is 5.92 Å². The monoisotopic (exact) mass is 430 g/mol. The zero-order chi connectivity index (χ0) is 22.6.